The zero-order valence-electron chi connectivity index (χ0n) is 9.38. The Bertz CT molecular complexity index is 449. The van der Waals surface area contributed by atoms with Crippen LogP contribution in [0, 0.1) is 12.7 Å². The molecular weight excluding hydrogens is 247 g/mol. The first kappa shape index (κ1) is 13.4. The highest BCUT2D eigenvalue weighted by atomic mass is 35.5. The summed E-state index contributed by atoms with van der Waals surface area (Å²) in [5.41, 5.74) is 0.603. The van der Waals surface area contributed by atoms with Crippen molar-refractivity contribution >= 4 is 29.2 Å². The number of carbonyl (C=O) groups is 2. The fourth-order valence-electron chi connectivity index (χ4n) is 1.11. The Labute approximate surface area is 103 Å². The van der Waals surface area contributed by atoms with Crippen molar-refractivity contribution in [2.75, 3.05) is 5.32 Å². The van der Waals surface area contributed by atoms with Crippen molar-refractivity contribution in [3.05, 3.63) is 29.6 Å². The molecule has 2 N–H and O–H groups in total. The van der Waals surface area contributed by atoms with Gasteiger partial charge >= 0.3 is 6.03 Å². The molecule has 0 fully saturated rings. The second-order valence-electron chi connectivity index (χ2n) is 3.47. The lowest BCUT2D eigenvalue weighted by Crippen LogP contribution is -2.38. The Balaban J connectivity index is 2.69. The smallest absolute Gasteiger partial charge is 0.307 e. The predicted octanol–water partition coefficient (Wildman–Crippen LogP) is 2.41. The lowest BCUT2D eigenvalue weighted by molar-refractivity contribution is -0.119. The number of imide groups is 1. The molecule has 4 nitrogen and oxygen atoms in total. The van der Waals surface area contributed by atoms with Crippen LogP contribution >= 0.6 is 11.6 Å². The van der Waals surface area contributed by atoms with Gasteiger partial charge in [-0.3, -0.25) is 10.1 Å². The predicted molar refractivity (Wildman–Crippen MR) is 63.6 cm³/mol. The summed E-state index contributed by atoms with van der Waals surface area (Å²) in [5.74, 6) is -1.04. The minimum absolute atomic E-state index is 0.300. The average molecular weight is 259 g/mol. The molecule has 1 rings (SSSR count). The molecule has 1 aromatic rings. The molecule has 1 unspecified atom stereocenters. The van der Waals surface area contributed by atoms with E-state index in [-0.39, 0.29) is 0 Å². The number of hydrogen-bond acceptors (Lipinski definition) is 2. The molecule has 0 aliphatic heterocycles. The van der Waals surface area contributed by atoms with Gasteiger partial charge in [-0.15, -0.1) is 11.6 Å². The molecular formula is C11H12ClFN2O2. The topological polar surface area (TPSA) is 58.2 Å². The Hall–Kier alpha value is -1.62. The summed E-state index contributed by atoms with van der Waals surface area (Å²) in [7, 11) is 0. The van der Waals surface area contributed by atoms with E-state index in [0.29, 0.717) is 11.3 Å². The molecule has 0 saturated carbocycles. The Kier molecular flexibility index (Phi) is 4.45. The molecule has 0 aliphatic carbocycles. The molecule has 0 radical (unpaired) electrons. The van der Waals surface area contributed by atoms with E-state index in [1.165, 1.54) is 32.0 Å². The highest BCUT2D eigenvalue weighted by Gasteiger charge is 2.14. The highest BCUT2D eigenvalue weighted by Crippen LogP contribution is 2.16. The first-order chi connectivity index (χ1) is 7.91. The number of anilines is 1. The quantitative estimate of drug-likeness (QED) is 0.801. The van der Waals surface area contributed by atoms with Crippen LogP contribution < -0.4 is 10.6 Å². The number of alkyl halides is 1. The number of amides is 3. The summed E-state index contributed by atoms with van der Waals surface area (Å²) in [6.45, 7) is 2.97. The normalized spacial score (nSPS) is 11.8. The van der Waals surface area contributed by atoms with E-state index in [2.05, 4.69) is 5.32 Å². The summed E-state index contributed by atoms with van der Waals surface area (Å²) in [6, 6.07) is 3.54. The first-order valence-corrected chi connectivity index (χ1v) is 5.36. The van der Waals surface area contributed by atoms with Crippen molar-refractivity contribution in [3.8, 4) is 0 Å². The van der Waals surface area contributed by atoms with E-state index < -0.39 is 23.1 Å². The van der Waals surface area contributed by atoms with Gasteiger partial charge in [0.25, 0.3) is 0 Å². The van der Waals surface area contributed by atoms with Crippen LogP contribution in [-0.4, -0.2) is 17.3 Å². The monoisotopic (exact) mass is 258 g/mol. The van der Waals surface area contributed by atoms with Crippen molar-refractivity contribution < 1.29 is 14.0 Å². The van der Waals surface area contributed by atoms with Gasteiger partial charge in [-0.25, -0.2) is 9.18 Å². The lowest BCUT2D eigenvalue weighted by Gasteiger charge is -2.10. The number of nitrogens with one attached hydrogen (secondary N) is 2. The summed E-state index contributed by atoms with van der Waals surface area (Å²) < 4.78 is 13.2. The second-order valence-corrected chi connectivity index (χ2v) is 4.13. The van der Waals surface area contributed by atoms with Crippen LogP contribution in [0.2, 0.25) is 0 Å². The van der Waals surface area contributed by atoms with Gasteiger partial charge in [-0.1, -0.05) is 6.07 Å². The molecule has 0 spiro atoms. The van der Waals surface area contributed by atoms with E-state index in [0.717, 1.165) is 0 Å². The molecule has 3 amide bonds. The third-order valence-electron chi connectivity index (χ3n) is 2.11. The van der Waals surface area contributed by atoms with Gasteiger partial charge in [-0.2, -0.15) is 0 Å². The molecule has 6 heteroatoms. The van der Waals surface area contributed by atoms with E-state index in [9.17, 15) is 14.0 Å². The number of carbonyl (C=O) groups excluding carboxylic acids is 2. The Morgan fingerprint density at radius 3 is 2.65 bits per heavy atom. The third-order valence-corrected chi connectivity index (χ3v) is 2.31. The van der Waals surface area contributed by atoms with Gasteiger partial charge in [0.2, 0.25) is 5.91 Å². The van der Waals surface area contributed by atoms with Gasteiger partial charge in [0.1, 0.15) is 11.2 Å². The van der Waals surface area contributed by atoms with Crippen molar-refractivity contribution in [2.24, 2.45) is 0 Å². The Morgan fingerprint density at radius 2 is 2.06 bits per heavy atom. The number of benzene rings is 1. The first-order valence-electron chi connectivity index (χ1n) is 4.93. The molecule has 0 heterocycles. The Morgan fingerprint density at radius 1 is 1.41 bits per heavy atom. The largest absolute Gasteiger partial charge is 0.325 e. The number of urea groups is 1. The number of hydrogen-bond donors (Lipinski definition) is 2. The maximum absolute atomic E-state index is 13.2. The van der Waals surface area contributed by atoms with Gasteiger partial charge in [0, 0.05) is 11.3 Å². The molecule has 0 bridgehead atoms. The second kappa shape index (κ2) is 5.63. The molecule has 17 heavy (non-hydrogen) atoms. The van der Waals surface area contributed by atoms with E-state index in [1.807, 2.05) is 5.32 Å². The molecule has 0 saturated heterocycles. The van der Waals surface area contributed by atoms with Crippen LogP contribution in [0.25, 0.3) is 0 Å². The average Bonchev–Trinajstić information content (AvgIpc) is 2.24. The van der Waals surface area contributed by atoms with Crippen LogP contribution in [0.3, 0.4) is 0 Å². The van der Waals surface area contributed by atoms with Crippen molar-refractivity contribution in [2.45, 2.75) is 19.2 Å². The van der Waals surface area contributed by atoms with E-state index in [4.69, 9.17) is 11.6 Å². The minimum Gasteiger partial charge on any atom is -0.307 e. The standard InChI is InChI=1S/C11H12ClFN2O2/c1-6-8(13)4-3-5-9(6)14-11(17)15-10(16)7(2)12/h3-5,7H,1-2H3,(H2,14,15,16,17). The molecule has 1 atom stereocenters. The SMILES string of the molecule is Cc1c(F)cccc1NC(=O)NC(=O)C(C)Cl. The van der Waals surface area contributed by atoms with Gasteiger partial charge in [-0.05, 0) is 26.0 Å². The summed E-state index contributed by atoms with van der Waals surface area (Å²) >= 11 is 5.48. The van der Waals surface area contributed by atoms with Crippen LogP contribution in [0.5, 0.6) is 0 Å². The fourth-order valence-corrected chi connectivity index (χ4v) is 1.16. The van der Waals surface area contributed by atoms with E-state index >= 15 is 0 Å². The zero-order valence-corrected chi connectivity index (χ0v) is 10.1. The van der Waals surface area contributed by atoms with Crippen molar-refractivity contribution in [3.63, 3.8) is 0 Å². The number of rotatable bonds is 2. The van der Waals surface area contributed by atoms with Crippen LogP contribution in [-0.2, 0) is 4.79 Å². The van der Waals surface area contributed by atoms with Gasteiger partial charge < -0.3 is 5.32 Å². The molecule has 0 aromatic heterocycles. The summed E-state index contributed by atoms with van der Waals surface area (Å²) in [5, 5.41) is 3.59. The van der Waals surface area contributed by atoms with E-state index in [1.54, 1.807) is 0 Å². The van der Waals surface area contributed by atoms with Crippen molar-refractivity contribution in [1.29, 1.82) is 0 Å². The maximum atomic E-state index is 13.2. The zero-order chi connectivity index (χ0) is 13.0. The van der Waals surface area contributed by atoms with Crippen molar-refractivity contribution in [1.82, 2.24) is 5.32 Å². The number of halogens is 2. The van der Waals surface area contributed by atoms with Crippen LogP contribution in [0.4, 0.5) is 14.9 Å². The molecule has 0 aliphatic rings. The lowest BCUT2D eigenvalue weighted by atomic mass is 10.2. The van der Waals surface area contributed by atoms with Crippen LogP contribution in [0.1, 0.15) is 12.5 Å². The third kappa shape index (κ3) is 3.71. The van der Waals surface area contributed by atoms with Crippen LogP contribution in [0.15, 0.2) is 18.2 Å². The van der Waals surface area contributed by atoms with Gasteiger partial charge in [0.15, 0.2) is 0 Å². The highest BCUT2D eigenvalue weighted by molar-refractivity contribution is 6.31. The fraction of sp³-hybridized carbons (Fsp3) is 0.273. The van der Waals surface area contributed by atoms with Gasteiger partial charge in [0.05, 0.1) is 0 Å². The minimum atomic E-state index is -0.811. The molecule has 92 valence electrons. The molecule has 1 aromatic carbocycles. The summed E-state index contributed by atoms with van der Waals surface area (Å²) in [4.78, 5) is 22.5. The maximum Gasteiger partial charge on any atom is 0.325 e. The summed E-state index contributed by atoms with van der Waals surface area (Å²) in [6.07, 6.45) is 0.